The van der Waals surface area contributed by atoms with Crippen molar-refractivity contribution >= 4 is 17.4 Å². The minimum absolute atomic E-state index is 0.0749. The number of halogens is 3. The van der Waals surface area contributed by atoms with Crippen LogP contribution in [0, 0.1) is 6.92 Å². The van der Waals surface area contributed by atoms with E-state index >= 15 is 0 Å². The van der Waals surface area contributed by atoms with Crippen LogP contribution in [0.25, 0.3) is 17.0 Å². The van der Waals surface area contributed by atoms with E-state index in [1.54, 1.807) is 55.5 Å². The summed E-state index contributed by atoms with van der Waals surface area (Å²) in [5.74, 6) is -1.15. The number of hydrogen-bond acceptors (Lipinski definition) is 5. The number of benzene rings is 2. The average molecular weight is 441 g/mol. The maximum atomic E-state index is 13.7. The zero-order chi connectivity index (χ0) is 22.9. The molecule has 1 N–H and O–H groups in total. The van der Waals surface area contributed by atoms with Gasteiger partial charge in [0.1, 0.15) is 5.75 Å². The summed E-state index contributed by atoms with van der Waals surface area (Å²) in [6.45, 7) is 4.03. The number of nitrogens with one attached hydrogen (secondary N) is 1. The van der Waals surface area contributed by atoms with Gasteiger partial charge in [-0.1, -0.05) is 42.0 Å². The number of amides is 1. The molecule has 0 spiro atoms. The van der Waals surface area contributed by atoms with Gasteiger partial charge in [0.25, 0.3) is 11.7 Å². The van der Waals surface area contributed by atoms with E-state index in [0.29, 0.717) is 28.1 Å². The van der Waals surface area contributed by atoms with Gasteiger partial charge in [0, 0.05) is 5.56 Å². The summed E-state index contributed by atoms with van der Waals surface area (Å²) in [5.41, 5.74) is 0.788. The Morgan fingerprint density at radius 1 is 1.09 bits per heavy atom. The minimum Gasteiger partial charge on any atom is -0.492 e. The first kappa shape index (κ1) is 21.3. The van der Waals surface area contributed by atoms with Crippen molar-refractivity contribution in [1.82, 2.24) is 19.6 Å². The number of carbonyl (C=O) groups is 1. The number of hydrogen-bond donors (Lipinski definition) is 1. The number of rotatable bonds is 5. The van der Waals surface area contributed by atoms with Crippen LogP contribution in [0.15, 0.2) is 54.6 Å². The number of ether oxygens (including phenoxy) is 1. The predicted octanol–water partition coefficient (Wildman–Crippen LogP) is 4.77. The SMILES string of the molecule is CCOc1ccccc1NC(=O)c1nc2nc(-c3ccc(C)cc3)cc(C(F)(F)F)n2n1. The summed E-state index contributed by atoms with van der Waals surface area (Å²) in [6.07, 6.45) is -4.73. The molecule has 2 heterocycles. The van der Waals surface area contributed by atoms with Gasteiger partial charge in [-0.2, -0.15) is 22.7 Å². The van der Waals surface area contributed by atoms with Crippen molar-refractivity contribution in [2.45, 2.75) is 20.0 Å². The Balaban J connectivity index is 1.76. The largest absolute Gasteiger partial charge is 0.492 e. The lowest BCUT2D eigenvalue weighted by atomic mass is 10.1. The van der Waals surface area contributed by atoms with Crippen LogP contribution in [0.4, 0.5) is 18.9 Å². The molecule has 0 saturated heterocycles. The standard InChI is InChI=1S/C22H18F3N5O2/c1-3-32-17-7-5-4-6-15(17)26-20(31)19-28-21-27-16(14-10-8-13(2)9-11-14)12-18(22(23,24)25)30(21)29-19/h4-12H,3H2,1-2H3,(H,26,31). The molecule has 4 aromatic rings. The highest BCUT2D eigenvalue weighted by atomic mass is 19.4. The van der Waals surface area contributed by atoms with Crippen molar-refractivity contribution in [2.24, 2.45) is 0 Å². The lowest BCUT2D eigenvalue weighted by molar-refractivity contribution is -0.142. The number of aryl methyl sites for hydroxylation is 1. The zero-order valence-corrected chi connectivity index (χ0v) is 17.1. The van der Waals surface area contributed by atoms with Gasteiger partial charge in [-0.15, -0.1) is 5.10 Å². The van der Waals surface area contributed by atoms with Crippen molar-refractivity contribution in [1.29, 1.82) is 0 Å². The minimum atomic E-state index is -4.73. The number of nitrogens with zero attached hydrogens (tertiary/aromatic N) is 4. The van der Waals surface area contributed by atoms with Crippen LogP contribution in [0.3, 0.4) is 0 Å². The summed E-state index contributed by atoms with van der Waals surface area (Å²) in [6, 6.07) is 14.5. The number of aromatic nitrogens is 4. The molecule has 0 bridgehead atoms. The van der Waals surface area contributed by atoms with Crippen LogP contribution in [-0.2, 0) is 6.18 Å². The summed E-state index contributed by atoms with van der Waals surface area (Å²) >= 11 is 0. The molecule has 0 fully saturated rings. The first-order valence-electron chi connectivity index (χ1n) is 9.71. The van der Waals surface area contributed by atoms with Crippen LogP contribution in [-0.4, -0.2) is 32.1 Å². The first-order chi connectivity index (χ1) is 15.3. The van der Waals surface area contributed by atoms with E-state index in [1.165, 1.54) is 0 Å². The molecule has 0 saturated carbocycles. The topological polar surface area (TPSA) is 81.4 Å². The maximum absolute atomic E-state index is 13.7. The molecule has 0 aliphatic rings. The van der Waals surface area contributed by atoms with Gasteiger partial charge in [-0.25, -0.2) is 4.98 Å². The Labute approximate surface area is 180 Å². The fourth-order valence-electron chi connectivity index (χ4n) is 3.07. The van der Waals surface area contributed by atoms with Gasteiger partial charge < -0.3 is 10.1 Å². The second-order valence-electron chi connectivity index (χ2n) is 6.92. The smallest absolute Gasteiger partial charge is 0.433 e. The molecule has 32 heavy (non-hydrogen) atoms. The lowest BCUT2D eigenvalue weighted by Gasteiger charge is -2.10. The molecular formula is C22H18F3N5O2. The van der Waals surface area contributed by atoms with E-state index in [2.05, 4.69) is 20.4 Å². The Morgan fingerprint density at radius 2 is 1.81 bits per heavy atom. The van der Waals surface area contributed by atoms with Gasteiger partial charge in [-0.05, 0) is 32.0 Å². The van der Waals surface area contributed by atoms with Crippen LogP contribution in [0.2, 0.25) is 0 Å². The maximum Gasteiger partial charge on any atom is 0.433 e. The molecule has 0 radical (unpaired) electrons. The zero-order valence-electron chi connectivity index (χ0n) is 17.1. The second-order valence-corrected chi connectivity index (χ2v) is 6.92. The van der Waals surface area contributed by atoms with Gasteiger partial charge in [-0.3, -0.25) is 4.79 Å². The molecule has 4 rings (SSSR count). The molecular weight excluding hydrogens is 423 g/mol. The quantitative estimate of drug-likeness (QED) is 0.483. The van der Waals surface area contributed by atoms with Gasteiger partial charge in [0.05, 0.1) is 18.0 Å². The van der Waals surface area contributed by atoms with Gasteiger partial charge >= 0.3 is 6.18 Å². The molecule has 2 aromatic carbocycles. The molecule has 0 aliphatic carbocycles. The first-order valence-corrected chi connectivity index (χ1v) is 9.71. The third-order valence-corrected chi connectivity index (χ3v) is 4.59. The highest BCUT2D eigenvalue weighted by molar-refractivity contribution is 6.02. The third kappa shape index (κ3) is 4.25. The molecule has 1 amide bonds. The summed E-state index contributed by atoms with van der Waals surface area (Å²) < 4.78 is 47.2. The summed E-state index contributed by atoms with van der Waals surface area (Å²) in [4.78, 5) is 20.8. The van der Waals surface area contributed by atoms with Crippen molar-refractivity contribution < 1.29 is 22.7 Å². The molecule has 2 aromatic heterocycles. The second kappa shape index (κ2) is 8.29. The van der Waals surface area contributed by atoms with Crippen molar-refractivity contribution in [3.63, 3.8) is 0 Å². The highest BCUT2D eigenvalue weighted by Crippen LogP contribution is 2.32. The van der Waals surface area contributed by atoms with Crippen molar-refractivity contribution in [3.05, 3.63) is 71.7 Å². The average Bonchev–Trinajstić information content (AvgIpc) is 3.19. The van der Waals surface area contributed by atoms with Gasteiger partial charge in [0.2, 0.25) is 5.82 Å². The van der Waals surface area contributed by atoms with E-state index in [0.717, 1.165) is 11.6 Å². The molecule has 0 aliphatic heterocycles. The van der Waals surface area contributed by atoms with E-state index < -0.39 is 23.6 Å². The molecule has 164 valence electrons. The Bertz CT molecular complexity index is 1280. The molecule has 0 unspecified atom stereocenters. The van der Waals surface area contributed by atoms with E-state index in [9.17, 15) is 18.0 Å². The summed E-state index contributed by atoms with van der Waals surface area (Å²) in [5, 5.41) is 6.34. The summed E-state index contributed by atoms with van der Waals surface area (Å²) in [7, 11) is 0. The van der Waals surface area contributed by atoms with E-state index in [1.807, 2.05) is 6.92 Å². The Hall–Kier alpha value is -3.95. The molecule has 7 nitrogen and oxygen atoms in total. The van der Waals surface area contributed by atoms with Crippen molar-refractivity contribution in [3.8, 4) is 17.0 Å². The van der Waals surface area contributed by atoms with E-state index in [-0.39, 0.29) is 11.5 Å². The van der Waals surface area contributed by atoms with Crippen LogP contribution in [0.1, 0.15) is 28.8 Å². The number of para-hydroxylation sites is 2. The highest BCUT2D eigenvalue weighted by Gasteiger charge is 2.36. The number of anilines is 1. The normalized spacial score (nSPS) is 11.5. The number of fused-ring (bicyclic) bond motifs is 1. The van der Waals surface area contributed by atoms with Crippen LogP contribution >= 0.6 is 0 Å². The van der Waals surface area contributed by atoms with Crippen LogP contribution < -0.4 is 10.1 Å². The molecule has 0 atom stereocenters. The fourth-order valence-corrected chi connectivity index (χ4v) is 3.07. The van der Waals surface area contributed by atoms with E-state index in [4.69, 9.17) is 4.74 Å². The van der Waals surface area contributed by atoms with Gasteiger partial charge in [0.15, 0.2) is 5.69 Å². The third-order valence-electron chi connectivity index (χ3n) is 4.59. The number of carbonyl (C=O) groups excluding carboxylic acids is 1. The Morgan fingerprint density at radius 3 is 2.50 bits per heavy atom. The number of alkyl halides is 3. The fraction of sp³-hybridized carbons (Fsp3) is 0.182. The lowest BCUT2D eigenvalue weighted by Crippen LogP contribution is -2.16. The molecule has 10 heteroatoms. The van der Waals surface area contributed by atoms with Crippen molar-refractivity contribution in [2.75, 3.05) is 11.9 Å². The van der Waals surface area contributed by atoms with Crippen LogP contribution in [0.5, 0.6) is 5.75 Å². The monoisotopic (exact) mass is 441 g/mol. The predicted molar refractivity (Wildman–Crippen MR) is 112 cm³/mol. The Kier molecular flexibility index (Phi) is 5.52.